The lowest BCUT2D eigenvalue weighted by Crippen LogP contribution is -2.53. The van der Waals surface area contributed by atoms with Gasteiger partial charge in [0, 0.05) is 7.05 Å². The lowest BCUT2D eigenvalue weighted by atomic mass is 9.96. The highest BCUT2D eigenvalue weighted by Gasteiger charge is 2.30. The minimum absolute atomic E-state index is 0.0880. The summed E-state index contributed by atoms with van der Waals surface area (Å²) in [7, 11) is 1.52. The van der Waals surface area contributed by atoms with Crippen LogP contribution in [0.4, 0.5) is 0 Å². The summed E-state index contributed by atoms with van der Waals surface area (Å²) in [4.78, 5) is 23.5. The molecule has 5 heteroatoms. The third kappa shape index (κ3) is 3.74. The van der Waals surface area contributed by atoms with E-state index in [1.807, 2.05) is 6.92 Å². The number of primary amides is 1. The van der Waals surface area contributed by atoms with E-state index in [1.165, 1.54) is 11.9 Å². The van der Waals surface area contributed by atoms with Gasteiger partial charge in [0.1, 0.15) is 0 Å². The van der Waals surface area contributed by atoms with E-state index in [1.54, 1.807) is 6.92 Å². The first-order chi connectivity index (χ1) is 6.31. The molecule has 0 aliphatic carbocycles. The molecule has 14 heavy (non-hydrogen) atoms. The number of amides is 2. The van der Waals surface area contributed by atoms with E-state index in [-0.39, 0.29) is 12.5 Å². The largest absolute Gasteiger partial charge is 0.368 e. The van der Waals surface area contributed by atoms with Gasteiger partial charge in [-0.05, 0) is 13.3 Å². The predicted molar refractivity (Wildman–Crippen MR) is 54.3 cm³/mol. The van der Waals surface area contributed by atoms with Crippen molar-refractivity contribution in [1.82, 2.24) is 4.90 Å². The summed E-state index contributed by atoms with van der Waals surface area (Å²) in [5.74, 6) is -0.786. The topological polar surface area (TPSA) is 89.4 Å². The van der Waals surface area contributed by atoms with Crippen LogP contribution in [0, 0.1) is 0 Å². The highest BCUT2D eigenvalue weighted by molar-refractivity contribution is 5.89. The number of hydrogen-bond donors (Lipinski definition) is 2. The van der Waals surface area contributed by atoms with Crippen LogP contribution < -0.4 is 11.5 Å². The summed E-state index contributed by atoms with van der Waals surface area (Å²) in [6.45, 7) is 3.53. The van der Waals surface area contributed by atoms with Crippen molar-refractivity contribution < 1.29 is 9.59 Å². The fraction of sp³-hybridized carbons (Fsp3) is 0.778. The maximum atomic E-state index is 11.7. The smallest absolute Gasteiger partial charge is 0.242 e. The Morgan fingerprint density at radius 3 is 2.29 bits per heavy atom. The van der Waals surface area contributed by atoms with Crippen LogP contribution in [0.5, 0.6) is 0 Å². The lowest BCUT2D eigenvalue weighted by Gasteiger charge is -2.28. The van der Waals surface area contributed by atoms with Crippen LogP contribution in [0.15, 0.2) is 0 Å². The van der Waals surface area contributed by atoms with Gasteiger partial charge in [-0.1, -0.05) is 13.3 Å². The maximum absolute atomic E-state index is 11.7. The van der Waals surface area contributed by atoms with E-state index in [2.05, 4.69) is 0 Å². The van der Waals surface area contributed by atoms with Crippen LogP contribution in [0.25, 0.3) is 0 Å². The number of carbonyl (C=O) groups is 2. The van der Waals surface area contributed by atoms with Gasteiger partial charge in [-0.25, -0.2) is 0 Å². The Morgan fingerprint density at radius 2 is 1.93 bits per heavy atom. The van der Waals surface area contributed by atoms with E-state index >= 15 is 0 Å². The van der Waals surface area contributed by atoms with Crippen molar-refractivity contribution in [1.29, 1.82) is 0 Å². The lowest BCUT2D eigenvalue weighted by molar-refractivity contribution is -0.138. The van der Waals surface area contributed by atoms with Gasteiger partial charge in [0.2, 0.25) is 11.8 Å². The molecule has 5 nitrogen and oxygen atoms in total. The molecule has 1 unspecified atom stereocenters. The molecule has 0 saturated heterocycles. The van der Waals surface area contributed by atoms with Gasteiger partial charge in [-0.15, -0.1) is 0 Å². The predicted octanol–water partition coefficient (Wildman–Crippen LogP) is -0.552. The zero-order chi connectivity index (χ0) is 11.4. The molecule has 0 rings (SSSR count). The Labute approximate surface area is 84.4 Å². The average Bonchev–Trinajstić information content (AvgIpc) is 2.01. The molecule has 0 saturated carbocycles. The van der Waals surface area contributed by atoms with Crippen LogP contribution in [0.2, 0.25) is 0 Å². The second kappa shape index (κ2) is 4.95. The average molecular weight is 201 g/mol. The van der Waals surface area contributed by atoms with Crippen LogP contribution in [-0.2, 0) is 9.59 Å². The van der Waals surface area contributed by atoms with Gasteiger partial charge in [0.15, 0.2) is 0 Å². The van der Waals surface area contributed by atoms with E-state index in [0.717, 1.165) is 6.42 Å². The first-order valence-electron chi connectivity index (χ1n) is 4.64. The SMILES string of the molecule is CCCC(C)(N)C(=O)N(C)CC(N)=O. The Hall–Kier alpha value is -1.10. The number of nitrogens with zero attached hydrogens (tertiary/aromatic N) is 1. The second-order valence-electron chi connectivity index (χ2n) is 3.79. The third-order valence-electron chi connectivity index (χ3n) is 2.00. The van der Waals surface area contributed by atoms with Crippen LogP contribution in [0.1, 0.15) is 26.7 Å². The van der Waals surface area contributed by atoms with Gasteiger partial charge in [0.25, 0.3) is 0 Å². The van der Waals surface area contributed by atoms with Gasteiger partial charge >= 0.3 is 0 Å². The van der Waals surface area contributed by atoms with Crippen molar-refractivity contribution in [2.24, 2.45) is 11.5 Å². The Balaban J connectivity index is 4.36. The van der Waals surface area contributed by atoms with Crippen molar-refractivity contribution in [3.05, 3.63) is 0 Å². The van der Waals surface area contributed by atoms with Crippen molar-refractivity contribution in [3.8, 4) is 0 Å². The number of hydrogen-bond acceptors (Lipinski definition) is 3. The molecule has 4 N–H and O–H groups in total. The molecule has 0 aromatic rings. The van der Waals surface area contributed by atoms with Gasteiger partial charge < -0.3 is 16.4 Å². The summed E-state index contributed by atoms with van der Waals surface area (Å²) in [6, 6.07) is 0. The molecule has 2 amide bonds. The first-order valence-corrected chi connectivity index (χ1v) is 4.64. The van der Waals surface area contributed by atoms with Gasteiger partial charge in [0.05, 0.1) is 12.1 Å². The molecule has 0 aliphatic rings. The Bertz CT molecular complexity index is 226. The number of carbonyl (C=O) groups excluding carboxylic acids is 2. The molecule has 0 aliphatic heterocycles. The van der Waals surface area contributed by atoms with Gasteiger partial charge in [-0.3, -0.25) is 9.59 Å². The number of likely N-dealkylation sites (N-methyl/N-ethyl adjacent to an activating group) is 1. The van der Waals surface area contributed by atoms with Crippen LogP contribution in [-0.4, -0.2) is 35.8 Å². The zero-order valence-electron chi connectivity index (χ0n) is 9.04. The summed E-state index contributed by atoms with van der Waals surface area (Å²) in [6.07, 6.45) is 1.41. The second-order valence-corrected chi connectivity index (χ2v) is 3.79. The van der Waals surface area contributed by atoms with Crippen molar-refractivity contribution in [2.45, 2.75) is 32.2 Å². The van der Waals surface area contributed by atoms with Crippen molar-refractivity contribution in [2.75, 3.05) is 13.6 Å². The van der Waals surface area contributed by atoms with Gasteiger partial charge in [-0.2, -0.15) is 0 Å². The van der Waals surface area contributed by atoms with Crippen molar-refractivity contribution in [3.63, 3.8) is 0 Å². The highest BCUT2D eigenvalue weighted by atomic mass is 16.2. The molecule has 0 spiro atoms. The fourth-order valence-corrected chi connectivity index (χ4v) is 1.37. The zero-order valence-corrected chi connectivity index (χ0v) is 9.04. The molecule has 0 fully saturated rings. The fourth-order valence-electron chi connectivity index (χ4n) is 1.37. The molecular weight excluding hydrogens is 182 g/mol. The first kappa shape index (κ1) is 12.9. The summed E-state index contributed by atoms with van der Waals surface area (Å²) in [5, 5.41) is 0. The monoisotopic (exact) mass is 201 g/mol. The molecule has 0 aromatic carbocycles. The van der Waals surface area contributed by atoms with E-state index in [0.29, 0.717) is 6.42 Å². The van der Waals surface area contributed by atoms with E-state index in [9.17, 15) is 9.59 Å². The highest BCUT2D eigenvalue weighted by Crippen LogP contribution is 2.11. The minimum atomic E-state index is -0.904. The quantitative estimate of drug-likeness (QED) is 0.625. The summed E-state index contributed by atoms with van der Waals surface area (Å²) < 4.78 is 0. The van der Waals surface area contributed by atoms with Crippen molar-refractivity contribution >= 4 is 11.8 Å². The van der Waals surface area contributed by atoms with E-state index in [4.69, 9.17) is 11.5 Å². The molecule has 0 bridgehead atoms. The van der Waals surface area contributed by atoms with E-state index < -0.39 is 11.4 Å². The molecule has 0 aromatic heterocycles. The minimum Gasteiger partial charge on any atom is -0.368 e. The normalized spacial score (nSPS) is 14.6. The molecule has 0 radical (unpaired) electrons. The summed E-state index contributed by atoms with van der Waals surface area (Å²) in [5.41, 5.74) is 9.88. The molecule has 82 valence electrons. The Morgan fingerprint density at radius 1 is 1.43 bits per heavy atom. The third-order valence-corrected chi connectivity index (χ3v) is 2.00. The number of rotatable bonds is 5. The standard InChI is InChI=1S/C9H19N3O2/c1-4-5-9(2,11)8(14)12(3)6-7(10)13/h4-6,11H2,1-3H3,(H2,10,13). The Kier molecular flexibility index (Phi) is 4.56. The maximum Gasteiger partial charge on any atom is 0.242 e. The van der Waals surface area contributed by atoms with Crippen LogP contribution >= 0.6 is 0 Å². The molecular formula is C9H19N3O2. The van der Waals surface area contributed by atoms with Crippen LogP contribution in [0.3, 0.4) is 0 Å². The summed E-state index contributed by atoms with van der Waals surface area (Å²) >= 11 is 0. The molecule has 0 heterocycles. The molecule has 1 atom stereocenters. The number of nitrogens with two attached hydrogens (primary N) is 2.